The zero-order chi connectivity index (χ0) is 20.3. The van der Waals surface area contributed by atoms with E-state index in [1.807, 2.05) is 49.6 Å². The van der Waals surface area contributed by atoms with Crippen molar-refractivity contribution in [3.8, 4) is 11.1 Å². The van der Waals surface area contributed by atoms with E-state index in [1.54, 1.807) is 13.0 Å². The Morgan fingerprint density at radius 3 is 2.54 bits per heavy atom. The van der Waals surface area contributed by atoms with Gasteiger partial charge < -0.3 is 10.1 Å². The van der Waals surface area contributed by atoms with Gasteiger partial charge in [-0.15, -0.1) is 11.3 Å². The SMILES string of the molecule is CCOC(=O)c1c(-c2ccc(Br)cc2)csc1NC(=O)c1cc(C)cc(C)n1. The van der Waals surface area contributed by atoms with Crippen LogP contribution in [0.5, 0.6) is 0 Å². The minimum atomic E-state index is -0.467. The summed E-state index contributed by atoms with van der Waals surface area (Å²) in [6.45, 7) is 5.75. The molecule has 5 nitrogen and oxygen atoms in total. The number of amides is 1. The molecule has 0 radical (unpaired) electrons. The average molecular weight is 459 g/mol. The number of esters is 1. The summed E-state index contributed by atoms with van der Waals surface area (Å²) in [6, 6.07) is 11.2. The fourth-order valence-corrected chi connectivity index (χ4v) is 4.04. The second-order valence-electron chi connectivity index (χ2n) is 6.21. The van der Waals surface area contributed by atoms with Crippen LogP contribution in [0.1, 0.15) is 39.0 Å². The topological polar surface area (TPSA) is 68.3 Å². The number of thiophene rings is 1. The van der Waals surface area contributed by atoms with Crippen LogP contribution in [0.25, 0.3) is 11.1 Å². The van der Waals surface area contributed by atoms with Gasteiger partial charge in [-0.3, -0.25) is 4.79 Å². The number of benzene rings is 1. The number of anilines is 1. The first-order valence-corrected chi connectivity index (χ1v) is 10.4. The van der Waals surface area contributed by atoms with Crippen molar-refractivity contribution in [2.75, 3.05) is 11.9 Å². The van der Waals surface area contributed by atoms with Crippen LogP contribution in [-0.2, 0) is 4.74 Å². The van der Waals surface area contributed by atoms with Crippen LogP contribution in [-0.4, -0.2) is 23.5 Å². The number of carbonyl (C=O) groups is 2. The molecule has 0 spiro atoms. The van der Waals surface area contributed by atoms with E-state index in [2.05, 4.69) is 26.2 Å². The third kappa shape index (κ3) is 4.48. The van der Waals surface area contributed by atoms with E-state index >= 15 is 0 Å². The number of aromatic nitrogens is 1. The van der Waals surface area contributed by atoms with Gasteiger partial charge in [0.25, 0.3) is 5.91 Å². The summed E-state index contributed by atoms with van der Waals surface area (Å²) in [7, 11) is 0. The van der Waals surface area contributed by atoms with Gasteiger partial charge in [0.15, 0.2) is 0 Å². The van der Waals surface area contributed by atoms with Crippen LogP contribution in [0, 0.1) is 13.8 Å². The number of rotatable bonds is 5. The zero-order valence-electron chi connectivity index (χ0n) is 15.7. The van der Waals surface area contributed by atoms with Crippen LogP contribution in [0.4, 0.5) is 5.00 Å². The van der Waals surface area contributed by atoms with Gasteiger partial charge in [0.05, 0.1) is 6.61 Å². The molecule has 1 N–H and O–H groups in total. The van der Waals surface area contributed by atoms with Gasteiger partial charge in [0, 0.05) is 21.1 Å². The normalized spacial score (nSPS) is 10.6. The summed E-state index contributed by atoms with van der Waals surface area (Å²) >= 11 is 4.70. The second-order valence-corrected chi connectivity index (χ2v) is 8.00. The van der Waals surface area contributed by atoms with E-state index < -0.39 is 5.97 Å². The van der Waals surface area contributed by atoms with Gasteiger partial charge in [0.2, 0.25) is 0 Å². The average Bonchev–Trinajstić information content (AvgIpc) is 3.05. The molecule has 0 saturated carbocycles. The maximum Gasteiger partial charge on any atom is 0.341 e. The Balaban J connectivity index is 1.99. The number of ether oxygens (including phenoxy) is 1. The third-order valence-corrected chi connectivity index (χ3v) is 5.41. The van der Waals surface area contributed by atoms with E-state index in [-0.39, 0.29) is 12.5 Å². The molecule has 144 valence electrons. The molecule has 0 atom stereocenters. The molecule has 0 bridgehead atoms. The van der Waals surface area contributed by atoms with E-state index in [1.165, 1.54) is 11.3 Å². The molecule has 28 heavy (non-hydrogen) atoms. The lowest BCUT2D eigenvalue weighted by atomic mass is 10.0. The van der Waals surface area contributed by atoms with E-state index in [0.717, 1.165) is 26.9 Å². The van der Waals surface area contributed by atoms with Gasteiger partial charge >= 0.3 is 5.97 Å². The minimum Gasteiger partial charge on any atom is -0.462 e. The molecular formula is C21H19BrN2O3S. The van der Waals surface area contributed by atoms with E-state index in [9.17, 15) is 9.59 Å². The lowest BCUT2D eigenvalue weighted by Gasteiger charge is -2.09. The maximum atomic E-state index is 12.7. The standard InChI is InChI=1S/C21H19BrN2O3S/c1-4-27-21(26)18-16(14-5-7-15(22)8-6-14)11-28-20(18)24-19(25)17-10-12(2)9-13(3)23-17/h5-11H,4H2,1-3H3,(H,24,25). The molecule has 0 unspecified atom stereocenters. The first kappa shape index (κ1) is 20.2. The van der Waals surface area contributed by atoms with Crippen molar-refractivity contribution in [3.63, 3.8) is 0 Å². The van der Waals surface area contributed by atoms with Crippen LogP contribution >= 0.6 is 27.3 Å². The number of halogens is 1. The molecule has 0 aliphatic rings. The van der Waals surface area contributed by atoms with E-state index in [4.69, 9.17) is 4.74 Å². The first-order chi connectivity index (χ1) is 13.4. The highest BCUT2D eigenvalue weighted by molar-refractivity contribution is 9.10. The number of hydrogen-bond acceptors (Lipinski definition) is 5. The molecule has 1 amide bonds. The second kappa shape index (κ2) is 8.67. The van der Waals surface area contributed by atoms with Crippen molar-refractivity contribution in [1.29, 1.82) is 0 Å². The zero-order valence-corrected chi connectivity index (χ0v) is 18.1. The fourth-order valence-electron chi connectivity index (χ4n) is 2.82. The van der Waals surface area contributed by atoms with Gasteiger partial charge in [0.1, 0.15) is 16.3 Å². The Labute approximate surface area is 175 Å². The van der Waals surface area contributed by atoms with Gasteiger partial charge in [-0.25, -0.2) is 9.78 Å². The summed E-state index contributed by atoms with van der Waals surface area (Å²) in [4.78, 5) is 29.6. The third-order valence-electron chi connectivity index (χ3n) is 3.98. The summed E-state index contributed by atoms with van der Waals surface area (Å²) in [5.74, 6) is -0.827. The number of nitrogens with one attached hydrogen (secondary N) is 1. The molecule has 7 heteroatoms. The van der Waals surface area contributed by atoms with Crippen LogP contribution < -0.4 is 5.32 Å². The summed E-state index contributed by atoms with van der Waals surface area (Å²) in [5, 5.41) is 5.12. The number of aryl methyl sites for hydroxylation is 2. The highest BCUT2D eigenvalue weighted by Crippen LogP contribution is 2.37. The number of hydrogen-bond donors (Lipinski definition) is 1. The highest BCUT2D eigenvalue weighted by Gasteiger charge is 2.23. The predicted octanol–water partition coefficient (Wildman–Crippen LogP) is 5.62. The predicted molar refractivity (Wildman–Crippen MR) is 115 cm³/mol. The Kier molecular flexibility index (Phi) is 6.26. The molecule has 3 rings (SSSR count). The molecule has 2 aromatic heterocycles. The Morgan fingerprint density at radius 2 is 1.89 bits per heavy atom. The number of carbonyl (C=O) groups excluding carboxylic acids is 2. The Bertz CT molecular complexity index is 1010. The summed E-state index contributed by atoms with van der Waals surface area (Å²) in [5.41, 5.74) is 3.97. The highest BCUT2D eigenvalue weighted by atomic mass is 79.9. The van der Waals surface area contributed by atoms with Crippen LogP contribution in [0.15, 0.2) is 46.3 Å². The van der Waals surface area contributed by atoms with Crippen LogP contribution in [0.3, 0.4) is 0 Å². The molecular weight excluding hydrogens is 440 g/mol. The van der Waals surface area contributed by atoms with Crippen molar-refractivity contribution in [2.45, 2.75) is 20.8 Å². The van der Waals surface area contributed by atoms with Crippen molar-refractivity contribution in [1.82, 2.24) is 4.98 Å². The Morgan fingerprint density at radius 1 is 1.18 bits per heavy atom. The Hall–Kier alpha value is -2.51. The first-order valence-electron chi connectivity index (χ1n) is 8.70. The molecule has 2 heterocycles. The quantitative estimate of drug-likeness (QED) is 0.503. The van der Waals surface area contributed by atoms with E-state index in [0.29, 0.717) is 16.3 Å². The summed E-state index contributed by atoms with van der Waals surface area (Å²) in [6.07, 6.45) is 0. The van der Waals surface area contributed by atoms with Crippen molar-refractivity contribution >= 4 is 44.1 Å². The monoisotopic (exact) mass is 458 g/mol. The largest absolute Gasteiger partial charge is 0.462 e. The van der Waals surface area contributed by atoms with Crippen molar-refractivity contribution < 1.29 is 14.3 Å². The molecule has 0 aliphatic carbocycles. The van der Waals surface area contributed by atoms with Crippen LogP contribution in [0.2, 0.25) is 0 Å². The van der Waals surface area contributed by atoms with Gasteiger partial charge in [-0.2, -0.15) is 0 Å². The number of nitrogens with zero attached hydrogens (tertiary/aromatic N) is 1. The molecule has 3 aromatic rings. The maximum absolute atomic E-state index is 12.7. The van der Waals surface area contributed by atoms with Crippen molar-refractivity contribution in [3.05, 3.63) is 68.8 Å². The molecule has 0 saturated heterocycles. The molecule has 0 fully saturated rings. The molecule has 0 aliphatic heterocycles. The molecule has 1 aromatic carbocycles. The lowest BCUT2D eigenvalue weighted by Crippen LogP contribution is -2.16. The van der Waals surface area contributed by atoms with Gasteiger partial charge in [-0.05, 0) is 56.2 Å². The number of pyridine rings is 1. The minimum absolute atomic E-state index is 0.250. The lowest BCUT2D eigenvalue weighted by molar-refractivity contribution is 0.0529. The van der Waals surface area contributed by atoms with Crippen molar-refractivity contribution in [2.24, 2.45) is 0 Å². The fraction of sp³-hybridized carbons (Fsp3) is 0.190. The van der Waals surface area contributed by atoms with Gasteiger partial charge in [-0.1, -0.05) is 28.1 Å². The smallest absolute Gasteiger partial charge is 0.341 e. The summed E-state index contributed by atoms with van der Waals surface area (Å²) < 4.78 is 6.17.